The second-order valence-electron chi connectivity index (χ2n) is 2.75. The van der Waals surface area contributed by atoms with Crippen molar-refractivity contribution in [1.29, 1.82) is 0 Å². The summed E-state index contributed by atoms with van der Waals surface area (Å²) in [5.74, 6) is 0.423. The molecule has 0 aliphatic rings. The molecule has 0 fully saturated rings. The molecule has 0 bridgehead atoms. The quantitative estimate of drug-likeness (QED) is 0.600. The molecule has 5 heteroatoms. The van der Waals surface area contributed by atoms with E-state index in [1.165, 1.54) is 0 Å². The summed E-state index contributed by atoms with van der Waals surface area (Å²) in [7, 11) is -0.862. The van der Waals surface area contributed by atoms with E-state index in [9.17, 15) is 9.00 Å². The Morgan fingerprint density at radius 3 is 2.67 bits per heavy atom. The smallest absolute Gasteiger partial charge is 0.221 e. The molecule has 0 aliphatic carbocycles. The largest absolute Gasteiger partial charge is 0.353 e. The predicted molar refractivity (Wildman–Crippen MR) is 50.2 cm³/mol. The van der Waals surface area contributed by atoms with E-state index in [4.69, 9.17) is 5.73 Å². The van der Waals surface area contributed by atoms with Crippen molar-refractivity contribution in [1.82, 2.24) is 5.32 Å². The number of nitrogens with two attached hydrogens (primary N) is 1. The van der Waals surface area contributed by atoms with E-state index in [1.807, 2.05) is 6.92 Å². The van der Waals surface area contributed by atoms with Crippen LogP contribution in [0.25, 0.3) is 0 Å². The molecular weight excluding hydrogens is 176 g/mol. The first-order valence-electron chi connectivity index (χ1n) is 3.85. The molecule has 0 spiro atoms. The fourth-order valence-electron chi connectivity index (χ4n) is 0.872. The highest BCUT2D eigenvalue weighted by atomic mass is 32.2. The van der Waals surface area contributed by atoms with Crippen LogP contribution in [-0.2, 0) is 15.6 Å². The molecule has 0 aliphatic heterocycles. The molecule has 0 aromatic carbocycles. The summed E-state index contributed by atoms with van der Waals surface area (Å²) in [5, 5.41) is 2.70. The van der Waals surface area contributed by atoms with Crippen LogP contribution in [0.4, 0.5) is 0 Å². The van der Waals surface area contributed by atoms with Gasteiger partial charge in [0.2, 0.25) is 5.91 Å². The van der Waals surface area contributed by atoms with Crippen molar-refractivity contribution in [2.75, 3.05) is 18.6 Å². The number of nitrogens with one attached hydrogen (secondary N) is 1. The lowest BCUT2D eigenvalue weighted by molar-refractivity contribution is -0.121. The van der Waals surface area contributed by atoms with Crippen LogP contribution in [0.3, 0.4) is 0 Å². The molecule has 0 heterocycles. The van der Waals surface area contributed by atoms with Crippen LogP contribution < -0.4 is 11.1 Å². The summed E-state index contributed by atoms with van der Waals surface area (Å²) in [4.78, 5) is 10.9. The van der Waals surface area contributed by atoms with Crippen molar-refractivity contribution >= 4 is 16.7 Å². The van der Waals surface area contributed by atoms with E-state index in [-0.39, 0.29) is 11.9 Å². The second kappa shape index (κ2) is 6.14. The van der Waals surface area contributed by atoms with Crippen molar-refractivity contribution in [3.05, 3.63) is 0 Å². The first-order chi connectivity index (χ1) is 5.56. The van der Waals surface area contributed by atoms with Gasteiger partial charge in [0.15, 0.2) is 0 Å². The molecule has 0 aromatic heterocycles. The fraction of sp³-hybridized carbons (Fsp3) is 0.857. The molecule has 2 atom stereocenters. The lowest BCUT2D eigenvalue weighted by Crippen LogP contribution is -2.36. The standard InChI is InChI=1S/C7H16N2O2S/c1-6(5-12(2)11)9-7(10)3-4-8/h6H,3-5,8H2,1-2H3,(H,9,10). The minimum atomic E-state index is -0.862. The Morgan fingerprint density at radius 1 is 1.67 bits per heavy atom. The lowest BCUT2D eigenvalue weighted by Gasteiger charge is -2.11. The average molecular weight is 192 g/mol. The molecule has 0 aromatic rings. The molecule has 12 heavy (non-hydrogen) atoms. The summed E-state index contributed by atoms with van der Waals surface area (Å²) >= 11 is 0. The molecule has 0 radical (unpaired) electrons. The van der Waals surface area contributed by atoms with E-state index in [2.05, 4.69) is 5.32 Å². The Bertz CT molecular complexity index is 173. The summed E-state index contributed by atoms with van der Waals surface area (Å²) in [6, 6.07) is -0.0325. The monoisotopic (exact) mass is 192 g/mol. The Kier molecular flexibility index (Phi) is 5.92. The Balaban J connectivity index is 3.61. The van der Waals surface area contributed by atoms with Gasteiger partial charge in [0.25, 0.3) is 0 Å². The zero-order valence-electron chi connectivity index (χ0n) is 7.50. The first-order valence-corrected chi connectivity index (χ1v) is 5.58. The SMILES string of the molecule is CC(CS(C)=O)NC(=O)CCN. The molecule has 0 saturated heterocycles. The number of hydrogen-bond donors (Lipinski definition) is 2. The maximum atomic E-state index is 10.9. The van der Waals surface area contributed by atoms with Crippen LogP contribution in [-0.4, -0.2) is 34.7 Å². The van der Waals surface area contributed by atoms with Crippen LogP contribution in [0.15, 0.2) is 0 Å². The minimum Gasteiger partial charge on any atom is -0.353 e. The van der Waals surface area contributed by atoms with E-state index < -0.39 is 10.8 Å². The summed E-state index contributed by atoms with van der Waals surface area (Å²) in [6.45, 7) is 2.18. The zero-order chi connectivity index (χ0) is 9.56. The highest BCUT2D eigenvalue weighted by molar-refractivity contribution is 7.84. The Hall–Kier alpha value is -0.420. The summed E-state index contributed by atoms with van der Waals surface area (Å²) in [6.07, 6.45) is 1.95. The topological polar surface area (TPSA) is 72.2 Å². The maximum absolute atomic E-state index is 10.9. The number of hydrogen-bond acceptors (Lipinski definition) is 3. The Labute approximate surface area is 75.4 Å². The highest BCUT2D eigenvalue weighted by Crippen LogP contribution is 1.86. The number of amides is 1. The van der Waals surface area contributed by atoms with Gasteiger partial charge in [-0.05, 0) is 6.92 Å². The second-order valence-corrected chi connectivity index (χ2v) is 4.23. The van der Waals surface area contributed by atoms with Crippen molar-refractivity contribution in [2.24, 2.45) is 5.73 Å². The minimum absolute atomic E-state index is 0.0325. The van der Waals surface area contributed by atoms with Crippen LogP contribution in [0.2, 0.25) is 0 Å². The zero-order valence-corrected chi connectivity index (χ0v) is 8.32. The van der Waals surface area contributed by atoms with Gasteiger partial charge in [-0.25, -0.2) is 0 Å². The van der Waals surface area contributed by atoms with Crippen molar-refractivity contribution in [2.45, 2.75) is 19.4 Å². The van der Waals surface area contributed by atoms with Gasteiger partial charge in [0.1, 0.15) is 0 Å². The summed E-state index contributed by atoms with van der Waals surface area (Å²) in [5.41, 5.74) is 5.19. The molecule has 0 saturated carbocycles. The Morgan fingerprint density at radius 2 is 2.25 bits per heavy atom. The van der Waals surface area contributed by atoms with Gasteiger partial charge in [-0.1, -0.05) is 0 Å². The number of rotatable bonds is 5. The molecule has 3 N–H and O–H groups in total. The number of carbonyl (C=O) groups excluding carboxylic acids is 1. The average Bonchev–Trinajstić information content (AvgIpc) is 1.84. The molecule has 0 rings (SSSR count). The van der Waals surface area contributed by atoms with Gasteiger partial charge >= 0.3 is 0 Å². The highest BCUT2D eigenvalue weighted by Gasteiger charge is 2.07. The van der Waals surface area contributed by atoms with Crippen LogP contribution in [0.1, 0.15) is 13.3 Å². The van der Waals surface area contributed by atoms with Gasteiger partial charge in [0.05, 0.1) is 0 Å². The molecule has 72 valence electrons. The van der Waals surface area contributed by atoms with Gasteiger partial charge in [0, 0.05) is 41.8 Å². The van der Waals surface area contributed by atoms with Crippen LogP contribution >= 0.6 is 0 Å². The van der Waals surface area contributed by atoms with Gasteiger partial charge < -0.3 is 11.1 Å². The predicted octanol–water partition coefficient (Wildman–Crippen LogP) is -0.782. The van der Waals surface area contributed by atoms with Gasteiger partial charge in [-0.15, -0.1) is 0 Å². The van der Waals surface area contributed by atoms with Crippen LogP contribution in [0.5, 0.6) is 0 Å². The first kappa shape index (κ1) is 11.6. The van der Waals surface area contributed by atoms with Gasteiger partial charge in [-0.2, -0.15) is 0 Å². The van der Waals surface area contributed by atoms with E-state index in [0.717, 1.165) is 0 Å². The van der Waals surface area contributed by atoms with Crippen molar-refractivity contribution in [3.8, 4) is 0 Å². The third-order valence-corrected chi connectivity index (χ3v) is 2.23. The number of carbonyl (C=O) groups is 1. The summed E-state index contributed by atoms with van der Waals surface area (Å²) < 4.78 is 10.7. The molecular formula is C7H16N2O2S. The normalized spacial score (nSPS) is 15.2. The van der Waals surface area contributed by atoms with E-state index in [0.29, 0.717) is 18.7 Å². The van der Waals surface area contributed by atoms with E-state index in [1.54, 1.807) is 6.26 Å². The lowest BCUT2D eigenvalue weighted by atomic mass is 10.3. The van der Waals surface area contributed by atoms with Crippen molar-refractivity contribution in [3.63, 3.8) is 0 Å². The van der Waals surface area contributed by atoms with Crippen molar-refractivity contribution < 1.29 is 9.00 Å². The maximum Gasteiger partial charge on any atom is 0.221 e. The van der Waals surface area contributed by atoms with Crippen LogP contribution in [0, 0.1) is 0 Å². The molecule has 2 unspecified atom stereocenters. The molecule has 4 nitrogen and oxygen atoms in total. The third kappa shape index (κ3) is 6.30. The fourth-order valence-corrected chi connectivity index (χ4v) is 1.66. The molecule has 1 amide bonds. The third-order valence-electron chi connectivity index (χ3n) is 1.26. The van der Waals surface area contributed by atoms with Gasteiger partial charge in [-0.3, -0.25) is 9.00 Å². The van der Waals surface area contributed by atoms with E-state index >= 15 is 0 Å².